The Hall–Kier alpha value is -1.29. The number of aliphatic hydroxyl groups is 1. The number of aliphatic hydroxyl groups excluding tert-OH is 1. The number of carboxylic acids is 1. The first-order valence-electron chi connectivity index (χ1n) is 6.81. The fourth-order valence-electron chi connectivity index (χ4n) is 2.62. The van der Waals surface area contributed by atoms with E-state index in [0.717, 1.165) is 29.7 Å². The molecular formula is C15H22O4. The van der Waals surface area contributed by atoms with Crippen LogP contribution in [0.1, 0.15) is 46.5 Å². The summed E-state index contributed by atoms with van der Waals surface area (Å²) >= 11 is 0. The van der Waals surface area contributed by atoms with Crippen LogP contribution in [0.3, 0.4) is 0 Å². The second-order valence-corrected chi connectivity index (χ2v) is 6.02. The third-order valence-electron chi connectivity index (χ3n) is 4.40. The molecule has 0 spiro atoms. The Kier molecular flexibility index (Phi) is 3.72. The Morgan fingerprint density at radius 1 is 1.53 bits per heavy atom. The molecular weight excluding hydrogens is 244 g/mol. The fourth-order valence-corrected chi connectivity index (χ4v) is 2.62. The van der Waals surface area contributed by atoms with Crippen molar-refractivity contribution >= 4 is 5.97 Å². The van der Waals surface area contributed by atoms with E-state index >= 15 is 0 Å². The van der Waals surface area contributed by atoms with Gasteiger partial charge in [0.05, 0.1) is 12.2 Å². The summed E-state index contributed by atoms with van der Waals surface area (Å²) in [5.41, 5.74) is 1.79. The second-order valence-electron chi connectivity index (χ2n) is 6.02. The average molecular weight is 266 g/mol. The van der Waals surface area contributed by atoms with E-state index in [-0.39, 0.29) is 17.9 Å². The normalized spacial score (nSPS) is 29.4. The van der Waals surface area contributed by atoms with Crippen molar-refractivity contribution < 1.29 is 19.7 Å². The van der Waals surface area contributed by atoms with E-state index in [4.69, 9.17) is 9.84 Å². The van der Waals surface area contributed by atoms with Gasteiger partial charge in [0.15, 0.2) is 0 Å². The third kappa shape index (κ3) is 2.68. The monoisotopic (exact) mass is 266 g/mol. The molecule has 0 radical (unpaired) electrons. The number of aliphatic carboxylic acids is 1. The summed E-state index contributed by atoms with van der Waals surface area (Å²) in [4.78, 5) is 10.6. The summed E-state index contributed by atoms with van der Waals surface area (Å²) < 4.78 is 5.97. The van der Waals surface area contributed by atoms with Gasteiger partial charge in [0.2, 0.25) is 0 Å². The minimum absolute atomic E-state index is 0.0238. The Morgan fingerprint density at radius 2 is 2.21 bits per heavy atom. The molecule has 4 nitrogen and oxygen atoms in total. The largest absolute Gasteiger partial charge is 0.490 e. The lowest BCUT2D eigenvalue weighted by Gasteiger charge is -2.40. The minimum Gasteiger partial charge on any atom is -0.490 e. The van der Waals surface area contributed by atoms with Crippen molar-refractivity contribution in [3.8, 4) is 0 Å². The summed E-state index contributed by atoms with van der Waals surface area (Å²) in [6.45, 7) is 5.99. The van der Waals surface area contributed by atoms with Gasteiger partial charge in [-0.05, 0) is 43.4 Å². The smallest absolute Gasteiger partial charge is 0.303 e. The highest BCUT2D eigenvalue weighted by Crippen LogP contribution is 2.44. The van der Waals surface area contributed by atoms with Crippen LogP contribution in [0.25, 0.3) is 0 Å². The van der Waals surface area contributed by atoms with Gasteiger partial charge in [-0.25, -0.2) is 0 Å². The quantitative estimate of drug-likeness (QED) is 0.824. The lowest BCUT2D eigenvalue weighted by Crippen LogP contribution is -2.36. The van der Waals surface area contributed by atoms with Crippen molar-refractivity contribution in [2.24, 2.45) is 5.41 Å². The first-order valence-corrected chi connectivity index (χ1v) is 6.81. The Bertz CT molecular complexity index is 445. The maximum atomic E-state index is 10.6. The molecule has 1 aliphatic carbocycles. The number of allylic oxidation sites excluding steroid dienone is 1. The molecule has 4 heteroatoms. The average Bonchev–Trinajstić information content (AvgIpc) is 2.35. The van der Waals surface area contributed by atoms with Crippen LogP contribution in [-0.4, -0.2) is 28.4 Å². The van der Waals surface area contributed by atoms with Gasteiger partial charge in [0.25, 0.3) is 0 Å². The SMILES string of the molecule is CC1=C2OC(CCC(=O)O)CCC2=CC(O)C1(C)C. The second kappa shape index (κ2) is 5.00. The highest BCUT2D eigenvalue weighted by Gasteiger charge is 2.38. The van der Waals surface area contributed by atoms with Crippen LogP contribution in [0.15, 0.2) is 23.0 Å². The van der Waals surface area contributed by atoms with Gasteiger partial charge in [0.1, 0.15) is 5.76 Å². The van der Waals surface area contributed by atoms with Crippen LogP contribution < -0.4 is 0 Å². The van der Waals surface area contributed by atoms with Gasteiger partial charge < -0.3 is 14.9 Å². The van der Waals surface area contributed by atoms with Crippen LogP contribution in [0.5, 0.6) is 0 Å². The van der Waals surface area contributed by atoms with Crippen molar-refractivity contribution in [3.63, 3.8) is 0 Å². The van der Waals surface area contributed by atoms with E-state index in [2.05, 4.69) is 0 Å². The predicted molar refractivity (Wildman–Crippen MR) is 71.5 cm³/mol. The van der Waals surface area contributed by atoms with Gasteiger partial charge in [-0.2, -0.15) is 0 Å². The van der Waals surface area contributed by atoms with Crippen LogP contribution in [-0.2, 0) is 9.53 Å². The standard InChI is InChI=1S/C15H22O4/c1-9-14-10(8-12(16)15(9,2)3)4-5-11(19-14)6-7-13(17)18/h8,11-12,16H,4-7H2,1-3H3,(H,17,18). The van der Waals surface area contributed by atoms with Crippen LogP contribution in [0, 0.1) is 5.41 Å². The van der Waals surface area contributed by atoms with Crippen molar-refractivity contribution in [1.29, 1.82) is 0 Å². The lowest BCUT2D eigenvalue weighted by atomic mass is 9.73. The third-order valence-corrected chi connectivity index (χ3v) is 4.40. The van der Waals surface area contributed by atoms with Gasteiger partial charge in [-0.15, -0.1) is 0 Å². The molecule has 1 heterocycles. The summed E-state index contributed by atoms with van der Waals surface area (Å²) in [5.74, 6) is 0.0898. The Labute approximate surface area is 113 Å². The van der Waals surface area contributed by atoms with E-state index in [0.29, 0.717) is 6.42 Å². The summed E-state index contributed by atoms with van der Waals surface area (Å²) in [6.07, 6.45) is 3.74. The van der Waals surface area contributed by atoms with Gasteiger partial charge >= 0.3 is 5.97 Å². The maximum Gasteiger partial charge on any atom is 0.303 e. The highest BCUT2D eigenvalue weighted by atomic mass is 16.5. The lowest BCUT2D eigenvalue weighted by molar-refractivity contribution is -0.137. The zero-order valence-corrected chi connectivity index (χ0v) is 11.8. The first kappa shape index (κ1) is 14.1. The molecule has 0 aromatic heterocycles. The molecule has 2 atom stereocenters. The van der Waals surface area contributed by atoms with Gasteiger partial charge in [0, 0.05) is 11.8 Å². The molecule has 19 heavy (non-hydrogen) atoms. The summed E-state index contributed by atoms with van der Waals surface area (Å²) in [5, 5.41) is 18.9. The molecule has 2 aliphatic rings. The number of carbonyl (C=O) groups is 1. The number of rotatable bonds is 3. The Morgan fingerprint density at radius 3 is 2.84 bits per heavy atom. The molecule has 106 valence electrons. The Balaban J connectivity index is 2.15. The molecule has 1 fully saturated rings. The minimum atomic E-state index is -0.782. The summed E-state index contributed by atoms with van der Waals surface area (Å²) in [7, 11) is 0. The van der Waals surface area contributed by atoms with Gasteiger partial charge in [-0.1, -0.05) is 13.8 Å². The molecule has 2 rings (SSSR count). The molecule has 0 amide bonds. The van der Waals surface area contributed by atoms with Crippen molar-refractivity contribution in [3.05, 3.63) is 23.0 Å². The zero-order valence-electron chi connectivity index (χ0n) is 11.8. The first-order chi connectivity index (χ1) is 8.82. The predicted octanol–water partition coefficient (Wildman–Crippen LogP) is 2.63. The fraction of sp³-hybridized carbons (Fsp3) is 0.667. The zero-order chi connectivity index (χ0) is 14.2. The topological polar surface area (TPSA) is 66.8 Å². The highest BCUT2D eigenvalue weighted by molar-refractivity contribution is 5.66. The van der Waals surface area contributed by atoms with Gasteiger partial charge in [-0.3, -0.25) is 4.79 Å². The molecule has 0 bridgehead atoms. The maximum absolute atomic E-state index is 10.6. The molecule has 1 saturated heterocycles. The molecule has 1 aliphatic heterocycles. The number of fused-ring (bicyclic) bond motifs is 1. The number of hydrogen-bond donors (Lipinski definition) is 2. The summed E-state index contributed by atoms with van der Waals surface area (Å²) in [6, 6.07) is 0. The van der Waals surface area contributed by atoms with Crippen molar-refractivity contribution in [2.45, 2.75) is 58.7 Å². The van der Waals surface area contributed by atoms with E-state index < -0.39 is 12.1 Å². The number of hydrogen-bond acceptors (Lipinski definition) is 3. The molecule has 2 unspecified atom stereocenters. The van der Waals surface area contributed by atoms with Crippen molar-refractivity contribution in [1.82, 2.24) is 0 Å². The van der Waals surface area contributed by atoms with E-state index in [1.165, 1.54) is 0 Å². The molecule has 0 saturated carbocycles. The van der Waals surface area contributed by atoms with Crippen LogP contribution in [0.2, 0.25) is 0 Å². The number of carboxylic acid groups (broad SMARTS) is 1. The van der Waals surface area contributed by atoms with Crippen LogP contribution >= 0.6 is 0 Å². The van der Waals surface area contributed by atoms with Crippen molar-refractivity contribution in [2.75, 3.05) is 0 Å². The van der Waals surface area contributed by atoms with E-state index in [1.54, 1.807) is 0 Å². The van der Waals surface area contributed by atoms with E-state index in [1.807, 2.05) is 26.8 Å². The molecule has 2 N–H and O–H groups in total. The van der Waals surface area contributed by atoms with E-state index in [9.17, 15) is 9.90 Å². The van der Waals surface area contributed by atoms with Crippen LogP contribution in [0.4, 0.5) is 0 Å². The molecule has 0 aromatic carbocycles. The molecule has 0 aromatic rings. The number of ether oxygens (including phenoxy) is 1.